The van der Waals surface area contributed by atoms with Gasteiger partial charge in [0.15, 0.2) is 0 Å². The fourth-order valence-electron chi connectivity index (χ4n) is 3.58. The molecule has 152 valence electrons. The minimum atomic E-state index is -1.23. The molecule has 1 heterocycles. The molecule has 3 rings (SSSR count). The molecule has 0 spiro atoms. The summed E-state index contributed by atoms with van der Waals surface area (Å²) in [6.07, 6.45) is 2.44. The summed E-state index contributed by atoms with van der Waals surface area (Å²) in [7, 11) is 0. The number of rotatable bonds is 6. The van der Waals surface area contributed by atoms with Gasteiger partial charge in [-0.15, -0.1) is 0 Å². The summed E-state index contributed by atoms with van der Waals surface area (Å²) in [5, 5.41) is 38.6. The zero-order valence-corrected chi connectivity index (χ0v) is 15.7. The van der Waals surface area contributed by atoms with Gasteiger partial charge in [0.2, 0.25) is 6.29 Å². The van der Waals surface area contributed by atoms with E-state index in [2.05, 4.69) is 0 Å². The molecule has 0 aromatic heterocycles. The van der Waals surface area contributed by atoms with Crippen molar-refractivity contribution in [1.29, 1.82) is 0 Å². The summed E-state index contributed by atoms with van der Waals surface area (Å²) in [5.74, 6) is -0.472. The lowest BCUT2D eigenvalue weighted by Gasteiger charge is -2.36. The number of aryl methyl sites for hydroxylation is 1. The highest BCUT2D eigenvalue weighted by Gasteiger charge is 2.38. The van der Waals surface area contributed by atoms with Gasteiger partial charge in [0.25, 0.3) is 0 Å². The summed E-state index contributed by atoms with van der Waals surface area (Å²) < 4.78 is 11.5. The molecule has 1 unspecified atom stereocenters. The van der Waals surface area contributed by atoms with Gasteiger partial charge in [-0.25, -0.2) is 0 Å². The fourth-order valence-corrected chi connectivity index (χ4v) is 3.58. The van der Waals surface area contributed by atoms with Crippen molar-refractivity contribution in [1.82, 2.24) is 0 Å². The van der Waals surface area contributed by atoms with E-state index in [9.17, 15) is 20.1 Å². The van der Waals surface area contributed by atoms with Crippen molar-refractivity contribution in [3.8, 4) is 5.75 Å². The lowest BCUT2D eigenvalue weighted by Crippen LogP contribution is -2.51. The molecule has 1 aliphatic heterocycles. The van der Waals surface area contributed by atoms with E-state index in [1.165, 1.54) is 0 Å². The minimum Gasteiger partial charge on any atom is -0.481 e. The maximum atomic E-state index is 11.0. The van der Waals surface area contributed by atoms with E-state index >= 15 is 0 Å². The third-order valence-corrected chi connectivity index (χ3v) is 5.01. The van der Waals surface area contributed by atoms with E-state index in [4.69, 9.17) is 14.6 Å². The topological polar surface area (TPSA) is 116 Å². The van der Waals surface area contributed by atoms with Crippen molar-refractivity contribution in [3.05, 3.63) is 53.1 Å². The number of carboxylic acids is 1. The second kappa shape index (κ2) is 8.87. The molecule has 4 N–H and O–H groups in total. The summed E-state index contributed by atoms with van der Waals surface area (Å²) in [6, 6.07) is 5.61. The monoisotopic (exact) mass is 390 g/mol. The standard InChI is InChI=1S/C21H26O7/c1-12-5-6-18(28-21-20(26)17(23)10-15(11-22)27-21)16(7-12)14-4-2-3-13(8-14)9-19(24)25/h2-3,5-8,14-15,17,20-23,26H,4,9-11H2,1H3,(H,24,25)/t14?,15-,17-,20-,21+/m0/s1. The van der Waals surface area contributed by atoms with Gasteiger partial charge < -0.3 is 29.9 Å². The highest BCUT2D eigenvalue weighted by molar-refractivity contribution is 5.71. The first kappa shape index (κ1) is 20.5. The fraction of sp³-hybridized carbons (Fsp3) is 0.476. The van der Waals surface area contributed by atoms with Crippen LogP contribution in [0.4, 0.5) is 0 Å². The average molecular weight is 390 g/mol. The van der Waals surface area contributed by atoms with Crippen LogP contribution in [0.2, 0.25) is 0 Å². The van der Waals surface area contributed by atoms with Crippen molar-refractivity contribution in [3.63, 3.8) is 0 Å². The van der Waals surface area contributed by atoms with Crippen LogP contribution in [0.5, 0.6) is 5.75 Å². The Morgan fingerprint density at radius 3 is 2.82 bits per heavy atom. The molecule has 1 fully saturated rings. The number of benzene rings is 1. The average Bonchev–Trinajstić information content (AvgIpc) is 2.66. The number of aliphatic hydroxyl groups is 3. The molecule has 0 bridgehead atoms. The Bertz CT molecular complexity index is 770. The number of carbonyl (C=O) groups is 1. The molecule has 1 aliphatic carbocycles. The number of aliphatic carboxylic acids is 1. The Morgan fingerprint density at radius 1 is 1.32 bits per heavy atom. The van der Waals surface area contributed by atoms with E-state index < -0.39 is 30.6 Å². The van der Waals surface area contributed by atoms with Crippen LogP contribution in [0, 0.1) is 6.92 Å². The van der Waals surface area contributed by atoms with Gasteiger partial charge in [-0.1, -0.05) is 35.9 Å². The molecule has 0 radical (unpaired) electrons. The lowest BCUT2D eigenvalue weighted by atomic mass is 9.87. The maximum Gasteiger partial charge on any atom is 0.307 e. The van der Waals surface area contributed by atoms with Gasteiger partial charge in [0, 0.05) is 17.9 Å². The third kappa shape index (κ3) is 4.80. The van der Waals surface area contributed by atoms with Gasteiger partial charge in [-0.3, -0.25) is 4.79 Å². The smallest absolute Gasteiger partial charge is 0.307 e. The molecule has 1 aromatic rings. The molecule has 5 atom stereocenters. The minimum absolute atomic E-state index is 0.0518. The van der Waals surface area contributed by atoms with Crippen molar-refractivity contribution >= 4 is 5.97 Å². The molecule has 7 heteroatoms. The Labute approximate surface area is 163 Å². The summed E-state index contributed by atoms with van der Waals surface area (Å²) in [6.45, 7) is 1.67. The van der Waals surface area contributed by atoms with Gasteiger partial charge in [0.05, 0.1) is 25.2 Å². The number of allylic oxidation sites excluding steroid dienone is 3. The van der Waals surface area contributed by atoms with Crippen LogP contribution in [-0.4, -0.2) is 57.6 Å². The lowest BCUT2D eigenvalue weighted by molar-refractivity contribution is -0.240. The Balaban J connectivity index is 1.86. The van der Waals surface area contributed by atoms with Gasteiger partial charge >= 0.3 is 5.97 Å². The van der Waals surface area contributed by atoms with Crippen molar-refractivity contribution in [2.45, 2.75) is 56.7 Å². The normalized spacial score (nSPS) is 30.0. The first-order valence-corrected chi connectivity index (χ1v) is 9.36. The van der Waals surface area contributed by atoms with Crippen molar-refractivity contribution < 1.29 is 34.7 Å². The molecule has 7 nitrogen and oxygen atoms in total. The number of ether oxygens (including phenoxy) is 2. The SMILES string of the molecule is Cc1ccc(O[C@H]2O[C@H](CO)C[C@H](O)[C@@H]2O)c(C2C=C(CC(=O)O)C=CC2)c1. The van der Waals surface area contributed by atoms with Crippen LogP contribution in [-0.2, 0) is 9.53 Å². The second-order valence-electron chi connectivity index (χ2n) is 7.32. The van der Waals surface area contributed by atoms with Gasteiger partial charge in [0.1, 0.15) is 11.9 Å². The molecule has 2 aliphatic rings. The van der Waals surface area contributed by atoms with Gasteiger partial charge in [-0.2, -0.15) is 0 Å². The zero-order chi connectivity index (χ0) is 20.3. The highest BCUT2D eigenvalue weighted by Crippen LogP contribution is 2.36. The largest absolute Gasteiger partial charge is 0.481 e. The quantitative estimate of drug-likeness (QED) is 0.583. The second-order valence-corrected chi connectivity index (χ2v) is 7.32. The van der Waals surface area contributed by atoms with Crippen LogP contribution < -0.4 is 4.74 Å². The van der Waals surface area contributed by atoms with E-state index in [1.54, 1.807) is 6.07 Å². The molecule has 28 heavy (non-hydrogen) atoms. The summed E-state index contributed by atoms with van der Waals surface area (Å²) >= 11 is 0. The summed E-state index contributed by atoms with van der Waals surface area (Å²) in [5.41, 5.74) is 2.59. The molecular weight excluding hydrogens is 364 g/mol. The highest BCUT2D eigenvalue weighted by atomic mass is 16.7. The maximum absolute atomic E-state index is 11.0. The Kier molecular flexibility index (Phi) is 6.51. The van der Waals surface area contributed by atoms with Crippen molar-refractivity contribution in [2.75, 3.05) is 6.61 Å². The molecule has 1 aromatic carbocycles. The predicted molar refractivity (Wildman–Crippen MR) is 101 cm³/mol. The number of hydrogen-bond donors (Lipinski definition) is 4. The van der Waals surface area contributed by atoms with E-state index in [0.717, 1.165) is 16.7 Å². The molecule has 0 amide bonds. The number of carboxylic acid groups (broad SMARTS) is 1. The third-order valence-electron chi connectivity index (χ3n) is 5.01. The van der Waals surface area contributed by atoms with E-state index in [0.29, 0.717) is 12.2 Å². The van der Waals surface area contributed by atoms with Crippen molar-refractivity contribution in [2.24, 2.45) is 0 Å². The number of aliphatic hydroxyl groups excluding tert-OH is 3. The first-order chi connectivity index (χ1) is 13.4. The summed E-state index contributed by atoms with van der Waals surface area (Å²) in [4.78, 5) is 11.0. The van der Waals surface area contributed by atoms with Crippen LogP contribution in [0.15, 0.2) is 42.0 Å². The van der Waals surface area contributed by atoms with Crippen LogP contribution in [0.25, 0.3) is 0 Å². The number of hydrogen-bond acceptors (Lipinski definition) is 6. The molecule has 0 saturated carbocycles. The van der Waals surface area contributed by atoms with E-state index in [1.807, 2.05) is 37.3 Å². The van der Waals surface area contributed by atoms with E-state index in [-0.39, 0.29) is 25.4 Å². The molecule has 1 saturated heterocycles. The molecular formula is C21H26O7. The van der Waals surface area contributed by atoms with Gasteiger partial charge in [-0.05, 0) is 25.0 Å². The zero-order valence-electron chi connectivity index (χ0n) is 15.7. The van der Waals surface area contributed by atoms with Crippen LogP contribution in [0.3, 0.4) is 0 Å². The first-order valence-electron chi connectivity index (χ1n) is 9.36. The Morgan fingerprint density at radius 2 is 2.11 bits per heavy atom. The predicted octanol–water partition coefficient (Wildman–Crippen LogP) is 1.65. The Hall–Kier alpha value is -2.19. The van der Waals surface area contributed by atoms with Crippen LogP contribution in [0.1, 0.15) is 36.3 Å². The van der Waals surface area contributed by atoms with Crippen LogP contribution >= 0.6 is 0 Å².